The fourth-order valence-corrected chi connectivity index (χ4v) is 2.93. The third-order valence-corrected chi connectivity index (χ3v) is 4.41. The fraction of sp³-hybridized carbons (Fsp3) is 0.111. The van der Waals surface area contributed by atoms with Gasteiger partial charge in [0.05, 0.1) is 29.0 Å². The third kappa shape index (κ3) is 4.30. The van der Waals surface area contributed by atoms with Crippen LogP contribution < -0.4 is 14.8 Å². The van der Waals surface area contributed by atoms with Gasteiger partial charge in [-0.15, -0.1) is 11.3 Å². The van der Waals surface area contributed by atoms with Crippen LogP contribution in [0.5, 0.6) is 11.5 Å². The summed E-state index contributed by atoms with van der Waals surface area (Å²) >= 11 is 7.41. The number of halogens is 2. The number of benzene rings is 2. The fourth-order valence-electron chi connectivity index (χ4n) is 2.17. The largest absolute Gasteiger partial charge is 0.493 e. The number of amides is 1. The Kier molecular flexibility index (Phi) is 5.70. The second-order valence-corrected chi connectivity index (χ2v) is 6.34. The van der Waals surface area contributed by atoms with E-state index < -0.39 is 11.7 Å². The van der Waals surface area contributed by atoms with Crippen LogP contribution in [0.25, 0.3) is 0 Å². The van der Waals surface area contributed by atoms with Crippen LogP contribution in [0.2, 0.25) is 5.02 Å². The van der Waals surface area contributed by atoms with Crippen LogP contribution in [0.4, 0.5) is 10.1 Å². The maximum absolute atomic E-state index is 13.1. The Labute approximate surface area is 158 Å². The molecule has 0 spiro atoms. The van der Waals surface area contributed by atoms with Gasteiger partial charge in [-0.2, -0.15) is 0 Å². The first kappa shape index (κ1) is 18.2. The van der Waals surface area contributed by atoms with Crippen molar-refractivity contribution in [3.05, 3.63) is 69.4 Å². The lowest BCUT2D eigenvalue weighted by molar-refractivity contribution is 0.102. The first-order valence-corrected chi connectivity index (χ1v) is 8.83. The average molecular weight is 393 g/mol. The number of rotatable bonds is 6. The van der Waals surface area contributed by atoms with E-state index in [9.17, 15) is 9.18 Å². The highest BCUT2D eigenvalue weighted by molar-refractivity contribution is 7.07. The van der Waals surface area contributed by atoms with Crippen molar-refractivity contribution in [3.63, 3.8) is 0 Å². The van der Waals surface area contributed by atoms with Gasteiger partial charge in [-0.3, -0.25) is 4.79 Å². The molecule has 0 aliphatic carbocycles. The summed E-state index contributed by atoms with van der Waals surface area (Å²) in [6, 6.07) is 8.56. The van der Waals surface area contributed by atoms with Crippen LogP contribution in [0.3, 0.4) is 0 Å². The van der Waals surface area contributed by atoms with Gasteiger partial charge >= 0.3 is 0 Å². The summed E-state index contributed by atoms with van der Waals surface area (Å²) in [7, 11) is 1.49. The lowest BCUT2D eigenvalue weighted by Gasteiger charge is -2.12. The van der Waals surface area contributed by atoms with Crippen molar-refractivity contribution in [2.45, 2.75) is 6.61 Å². The van der Waals surface area contributed by atoms with Gasteiger partial charge in [0.25, 0.3) is 5.91 Å². The SMILES string of the molecule is COc1cc(C(=O)Nc2ccc(F)cc2Cl)ccc1OCc1cscn1. The molecule has 2 aromatic carbocycles. The zero-order chi connectivity index (χ0) is 18.5. The molecule has 0 unspecified atom stereocenters. The van der Waals surface area contributed by atoms with E-state index in [4.69, 9.17) is 21.1 Å². The number of nitrogens with zero attached hydrogens (tertiary/aromatic N) is 1. The lowest BCUT2D eigenvalue weighted by atomic mass is 10.1. The molecule has 1 heterocycles. The maximum atomic E-state index is 13.1. The minimum atomic E-state index is -0.476. The number of carbonyl (C=O) groups is 1. The Morgan fingerprint density at radius 2 is 2.12 bits per heavy atom. The van der Waals surface area contributed by atoms with Gasteiger partial charge in [0.15, 0.2) is 11.5 Å². The molecule has 1 N–H and O–H groups in total. The van der Waals surface area contributed by atoms with Gasteiger partial charge in [0.2, 0.25) is 0 Å². The standard InChI is InChI=1S/C18H14ClFN2O3S/c1-24-17-6-11(2-5-16(17)25-8-13-9-26-10-21-13)18(23)22-15-4-3-12(20)7-14(15)19/h2-7,9-10H,8H2,1H3,(H,22,23). The molecule has 26 heavy (non-hydrogen) atoms. The Hall–Kier alpha value is -2.64. The van der Waals surface area contributed by atoms with Gasteiger partial charge < -0.3 is 14.8 Å². The average Bonchev–Trinajstić information content (AvgIpc) is 3.15. The number of hydrogen-bond acceptors (Lipinski definition) is 5. The maximum Gasteiger partial charge on any atom is 0.255 e. The van der Waals surface area contributed by atoms with E-state index in [0.29, 0.717) is 29.4 Å². The highest BCUT2D eigenvalue weighted by atomic mass is 35.5. The molecule has 0 bridgehead atoms. The number of nitrogens with one attached hydrogen (secondary N) is 1. The molecule has 0 saturated carbocycles. The van der Waals surface area contributed by atoms with E-state index in [-0.39, 0.29) is 5.02 Å². The van der Waals surface area contributed by atoms with Gasteiger partial charge in [0.1, 0.15) is 12.4 Å². The van der Waals surface area contributed by atoms with E-state index in [1.807, 2.05) is 5.38 Å². The van der Waals surface area contributed by atoms with Crippen molar-refractivity contribution in [3.8, 4) is 11.5 Å². The van der Waals surface area contributed by atoms with Gasteiger partial charge in [-0.25, -0.2) is 9.37 Å². The monoisotopic (exact) mass is 392 g/mol. The highest BCUT2D eigenvalue weighted by Crippen LogP contribution is 2.30. The van der Waals surface area contributed by atoms with Crippen molar-refractivity contribution in [1.82, 2.24) is 4.98 Å². The molecule has 0 radical (unpaired) electrons. The van der Waals surface area contributed by atoms with Crippen molar-refractivity contribution in [2.24, 2.45) is 0 Å². The van der Waals surface area contributed by atoms with Crippen LogP contribution in [0, 0.1) is 5.82 Å². The van der Waals surface area contributed by atoms with Crippen LogP contribution >= 0.6 is 22.9 Å². The summed E-state index contributed by atoms with van der Waals surface area (Å²) < 4.78 is 24.1. The van der Waals surface area contributed by atoms with Gasteiger partial charge in [-0.1, -0.05) is 11.6 Å². The third-order valence-electron chi connectivity index (χ3n) is 3.46. The van der Waals surface area contributed by atoms with Gasteiger partial charge in [0, 0.05) is 10.9 Å². The number of thiazole rings is 1. The topological polar surface area (TPSA) is 60.5 Å². The Morgan fingerprint density at radius 1 is 1.27 bits per heavy atom. The van der Waals surface area contributed by atoms with Crippen molar-refractivity contribution >= 4 is 34.5 Å². The molecule has 8 heteroatoms. The number of ether oxygens (including phenoxy) is 2. The molecule has 0 saturated heterocycles. The van der Waals surface area contributed by atoms with Gasteiger partial charge in [-0.05, 0) is 36.4 Å². The van der Waals surface area contributed by atoms with Crippen molar-refractivity contribution < 1.29 is 18.7 Å². The predicted molar refractivity (Wildman–Crippen MR) is 98.8 cm³/mol. The normalized spacial score (nSPS) is 10.4. The summed E-state index contributed by atoms with van der Waals surface area (Å²) in [5, 5.41) is 4.64. The molecular formula is C18H14ClFN2O3S. The molecule has 0 fully saturated rings. The van der Waals surface area contributed by atoms with E-state index in [1.165, 1.54) is 30.6 Å². The smallest absolute Gasteiger partial charge is 0.255 e. The molecule has 0 atom stereocenters. The summed E-state index contributed by atoms with van der Waals surface area (Å²) in [6.07, 6.45) is 0. The molecule has 0 aliphatic heterocycles. The Morgan fingerprint density at radius 3 is 2.81 bits per heavy atom. The summed E-state index contributed by atoms with van der Waals surface area (Å²) in [5.74, 6) is 0.0362. The molecule has 1 amide bonds. The van der Waals surface area contributed by atoms with E-state index in [0.717, 1.165) is 11.8 Å². The van der Waals surface area contributed by atoms with E-state index >= 15 is 0 Å². The number of carbonyl (C=O) groups excluding carboxylic acids is 1. The Balaban J connectivity index is 1.74. The van der Waals surface area contributed by atoms with E-state index in [2.05, 4.69) is 10.3 Å². The van der Waals surface area contributed by atoms with Crippen LogP contribution in [-0.2, 0) is 6.61 Å². The molecule has 1 aromatic heterocycles. The number of anilines is 1. The number of methoxy groups -OCH3 is 1. The Bertz CT molecular complexity index is 919. The number of hydrogen-bond donors (Lipinski definition) is 1. The molecule has 0 aliphatic rings. The molecule has 134 valence electrons. The summed E-state index contributed by atoms with van der Waals surface area (Å²) in [5.41, 5.74) is 3.21. The minimum Gasteiger partial charge on any atom is -0.493 e. The quantitative estimate of drug-likeness (QED) is 0.656. The van der Waals surface area contributed by atoms with Crippen LogP contribution in [0.15, 0.2) is 47.3 Å². The van der Waals surface area contributed by atoms with Crippen LogP contribution in [-0.4, -0.2) is 18.0 Å². The molecular weight excluding hydrogens is 379 g/mol. The second-order valence-electron chi connectivity index (χ2n) is 5.21. The molecule has 5 nitrogen and oxygen atoms in total. The van der Waals surface area contributed by atoms with Crippen molar-refractivity contribution in [2.75, 3.05) is 12.4 Å². The minimum absolute atomic E-state index is 0.119. The second kappa shape index (κ2) is 8.16. The zero-order valence-electron chi connectivity index (χ0n) is 13.7. The molecule has 3 aromatic rings. The molecule has 3 rings (SSSR count). The first-order chi connectivity index (χ1) is 12.6. The summed E-state index contributed by atoms with van der Waals surface area (Å²) in [6.45, 7) is 0.302. The predicted octanol–water partition coefficient (Wildman–Crippen LogP) is 4.78. The summed E-state index contributed by atoms with van der Waals surface area (Å²) in [4.78, 5) is 16.6. The number of aromatic nitrogens is 1. The van der Waals surface area contributed by atoms with E-state index in [1.54, 1.807) is 23.7 Å². The van der Waals surface area contributed by atoms with Crippen molar-refractivity contribution in [1.29, 1.82) is 0 Å². The first-order valence-electron chi connectivity index (χ1n) is 7.51. The zero-order valence-corrected chi connectivity index (χ0v) is 15.2. The van der Waals surface area contributed by atoms with Crippen LogP contribution in [0.1, 0.15) is 16.1 Å². The lowest BCUT2D eigenvalue weighted by Crippen LogP contribution is -2.12. The highest BCUT2D eigenvalue weighted by Gasteiger charge is 2.13.